The van der Waals surface area contributed by atoms with E-state index in [4.69, 9.17) is 4.42 Å². The van der Waals surface area contributed by atoms with Gasteiger partial charge in [-0.25, -0.2) is 14.1 Å². The van der Waals surface area contributed by atoms with Crippen molar-refractivity contribution in [2.45, 2.75) is 0 Å². The van der Waals surface area contributed by atoms with Gasteiger partial charge in [-0.2, -0.15) is 0 Å². The average molecular weight is 534 g/mol. The van der Waals surface area contributed by atoms with Gasteiger partial charge in [0.1, 0.15) is 23.8 Å². The van der Waals surface area contributed by atoms with Crippen LogP contribution in [0.5, 0.6) is 0 Å². The summed E-state index contributed by atoms with van der Waals surface area (Å²) in [7, 11) is 0. The first-order valence-electron chi connectivity index (χ1n) is 7.18. The number of carbonyl (C=O) groups excluding carboxylic acids is 3. The van der Waals surface area contributed by atoms with Gasteiger partial charge in [0.15, 0.2) is 3.77 Å². The summed E-state index contributed by atoms with van der Waals surface area (Å²) in [4.78, 5) is 37.1. The van der Waals surface area contributed by atoms with Crippen LogP contribution in [-0.4, -0.2) is 29.3 Å². The molecule has 1 aromatic heterocycles. The van der Waals surface area contributed by atoms with Crippen LogP contribution in [0.25, 0.3) is 6.08 Å². The Kier molecular flexibility index (Phi) is 5.41. The largest absolute Gasteiger partial charge is 0.450 e. The highest BCUT2D eigenvalue weighted by Crippen LogP contribution is 2.25. The van der Waals surface area contributed by atoms with Crippen molar-refractivity contribution in [1.29, 1.82) is 0 Å². The third kappa shape index (κ3) is 4.12. The van der Waals surface area contributed by atoms with E-state index < -0.39 is 30.2 Å². The minimum atomic E-state index is -0.712. The first-order chi connectivity index (χ1) is 12.3. The van der Waals surface area contributed by atoms with Gasteiger partial charge in [-0.3, -0.25) is 9.59 Å². The van der Waals surface area contributed by atoms with E-state index in [9.17, 15) is 18.8 Å². The molecule has 1 aliphatic heterocycles. The fourth-order valence-corrected chi connectivity index (χ4v) is 2.89. The van der Waals surface area contributed by atoms with E-state index in [1.165, 1.54) is 30.3 Å². The lowest BCUT2D eigenvalue weighted by molar-refractivity contribution is -0.127. The number of benzene rings is 1. The number of carbonyl (C=O) groups is 3. The molecule has 0 saturated carbocycles. The van der Waals surface area contributed by atoms with Crippen LogP contribution in [0, 0.1) is 9.58 Å². The van der Waals surface area contributed by atoms with Crippen molar-refractivity contribution in [3.05, 3.63) is 55.8 Å². The number of nitrogens with one attached hydrogen (secondary N) is 2. The number of halogens is 3. The molecule has 2 aromatic rings. The highest BCUT2D eigenvalue weighted by molar-refractivity contribution is 14.1. The van der Waals surface area contributed by atoms with Crippen molar-refractivity contribution < 1.29 is 23.2 Å². The molecule has 1 saturated heterocycles. The monoisotopic (exact) mass is 533 g/mol. The fraction of sp³-hybridized carbons (Fsp3) is 0.0625. The Bertz CT molecular complexity index is 907. The molecule has 0 atom stereocenters. The van der Waals surface area contributed by atoms with Gasteiger partial charge in [0.2, 0.25) is 5.91 Å². The van der Waals surface area contributed by atoms with Crippen LogP contribution in [-0.2, 0) is 9.59 Å². The second-order valence-corrected chi connectivity index (χ2v) is 7.04. The molecule has 1 fully saturated rings. The van der Waals surface area contributed by atoms with Crippen LogP contribution in [0.1, 0.15) is 5.76 Å². The Labute approximate surface area is 168 Å². The summed E-state index contributed by atoms with van der Waals surface area (Å²) in [6.07, 6.45) is 1.38. The van der Waals surface area contributed by atoms with Gasteiger partial charge < -0.3 is 15.1 Å². The number of nitrogens with zero attached hydrogens (tertiary/aromatic N) is 1. The van der Waals surface area contributed by atoms with E-state index in [1.54, 1.807) is 6.07 Å². The molecule has 0 aliphatic carbocycles. The number of rotatable bonds is 4. The van der Waals surface area contributed by atoms with Crippen molar-refractivity contribution in [2.24, 2.45) is 0 Å². The topological polar surface area (TPSA) is 91.7 Å². The van der Waals surface area contributed by atoms with Gasteiger partial charge in [0.25, 0.3) is 5.91 Å². The summed E-state index contributed by atoms with van der Waals surface area (Å²) in [6.45, 7) is -0.473. The molecule has 3 rings (SSSR count). The van der Waals surface area contributed by atoms with Gasteiger partial charge in [0, 0.05) is 34.4 Å². The third-order valence-electron chi connectivity index (χ3n) is 3.34. The zero-order chi connectivity index (χ0) is 18.8. The first-order valence-corrected chi connectivity index (χ1v) is 9.05. The predicted molar refractivity (Wildman–Crippen MR) is 102 cm³/mol. The molecule has 0 bridgehead atoms. The number of furan rings is 1. The molecule has 134 valence electrons. The zero-order valence-corrected chi connectivity index (χ0v) is 16.6. The lowest BCUT2D eigenvalue weighted by Crippen LogP contribution is -2.38. The molecule has 2 heterocycles. The molecule has 2 N–H and O–H groups in total. The van der Waals surface area contributed by atoms with Crippen molar-refractivity contribution in [3.8, 4) is 0 Å². The summed E-state index contributed by atoms with van der Waals surface area (Å²) in [5.41, 5.74) is 0.358. The molecule has 0 spiro atoms. The molecular weight excluding hydrogens is 524 g/mol. The molecule has 7 nitrogen and oxygen atoms in total. The van der Waals surface area contributed by atoms with Crippen molar-refractivity contribution in [2.75, 3.05) is 11.9 Å². The standard InChI is InChI=1S/C16H10BrFIN3O4/c17-11-5-10(26-14(11)19)6-12-15(24)22(16(25)21-12)7-13(23)20-9-3-1-8(18)2-4-9/h1-6H,7H2,(H,20,23)(H,21,25)/b12-6-. The van der Waals surface area contributed by atoms with Crippen molar-refractivity contribution in [1.82, 2.24) is 10.2 Å². The lowest BCUT2D eigenvalue weighted by atomic mass is 10.3. The van der Waals surface area contributed by atoms with Crippen LogP contribution in [0.15, 0.2) is 44.9 Å². The predicted octanol–water partition coefficient (Wildman–Crippen LogP) is 3.32. The highest BCUT2D eigenvalue weighted by Gasteiger charge is 2.35. The van der Waals surface area contributed by atoms with E-state index in [2.05, 4.69) is 26.6 Å². The maximum atomic E-state index is 12.9. The summed E-state index contributed by atoms with van der Waals surface area (Å²) in [5, 5.41) is 4.89. The maximum Gasteiger partial charge on any atom is 0.329 e. The summed E-state index contributed by atoms with van der Waals surface area (Å²) in [5.74, 6) is -1.29. The van der Waals surface area contributed by atoms with E-state index in [0.717, 1.165) is 9.37 Å². The first kappa shape index (κ1) is 18.6. The van der Waals surface area contributed by atoms with Crippen LogP contribution in [0.3, 0.4) is 0 Å². The Hall–Kier alpha value is -2.21. The van der Waals surface area contributed by atoms with Crippen LogP contribution in [0.2, 0.25) is 0 Å². The summed E-state index contributed by atoms with van der Waals surface area (Å²) in [6, 6.07) is 6.07. The van der Waals surface area contributed by atoms with Gasteiger partial charge in [0.05, 0.1) is 4.47 Å². The summed E-state index contributed by atoms with van der Waals surface area (Å²) < 4.78 is 19.6. The Morgan fingerprint density at radius 3 is 2.65 bits per heavy atom. The van der Waals surface area contributed by atoms with Gasteiger partial charge in [-0.1, -0.05) is 0 Å². The highest BCUT2D eigenvalue weighted by atomic mass is 127. The third-order valence-corrected chi connectivity index (χ3v) is 5.47. The average Bonchev–Trinajstić information content (AvgIpc) is 3.03. The van der Waals surface area contributed by atoms with E-state index in [-0.39, 0.29) is 5.70 Å². The van der Waals surface area contributed by atoms with E-state index in [1.807, 2.05) is 22.6 Å². The molecule has 1 aromatic carbocycles. The van der Waals surface area contributed by atoms with Crippen LogP contribution in [0.4, 0.5) is 14.9 Å². The fourth-order valence-electron chi connectivity index (χ4n) is 2.17. The summed E-state index contributed by atoms with van der Waals surface area (Å²) >= 11 is 5.26. The quantitative estimate of drug-likeness (QED) is 0.358. The minimum Gasteiger partial charge on any atom is -0.450 e. The number of imide groups is 1. The van der Waals surface area contributed by atoms with E-state index in [0.29, 0.717) is 15.2 Å². The van der Waals surface area contributed by atoms with Gasteiger partial charge in [-0.15, -0.1) is 0 Å². The molecular formula is C16H10BrFIN3O4. The minimum absolute atomic E-state index is 0.00207. The normalized spacial score (nSPS) is 15.5. The molecule has 0 unspecified atom stereocenters. The van der Waals surface area contributed by atoms with Crippen LogP contribution >= 0.6 is 38.5 Å². The lowest BCUT2D eigenvalue weighted by Gasteiger charge is -2.11. The maximum absolute atomic E-state index is 12.9. The second kappa shape index (κ2) is 7.58. The Morgan fingerprint density at radius 1 is 1.35 bits per heavy atom. The zero-order valence-electron chi connectivity index (χ0n) is 12.9. The van der Waals surface area contributed by atoms with Crippen LogP contribution < -0.4 is 10.6 Å². The number of anilines is 1. The molecule has 0 radical (unpaired) electrons. The van der Waals surface area contributed by atoms with E-state index >= 15 is 0 Å². The number of amides is 4. The van der Waals surface area contributed by atoms with Gasteiger partial charge >= 0.3 is 6.03 Å². The Balaban J connectivity index is 1.68. The number of hydrogen-bond donors (Lipinski definition) is 2. The second-order valence-electron chi connectivity index (χ2n) is 5.20. The van der Waals surface area contributed by atoms with Crippen molar-refractivity contribution in [3.63, 3.8) is 0 Å². The van der Waals surface area contributed by atoms with Gasteiger partial charge in [-0.05, 0) is 46.3 Å². The molecule has 10 heteroatoms. The SMILES string of the molecule is O=C(CN1C(=O)N/C(=C\c2cc(Br)c(I)o2)C1=O)Nc1ccc(F)cc1. The number of hydrogen-bond acceptors (Lipinski definition) is 4. The molecule has 26 heavy (non-hydrogen) atoms. The molecule has 1 aliphatic rings. The molecule has 4 amide bonds. The smallest absolute Gasteiger partial charge is 0.329 e. The number of urea groups is 1. The van der Waals surface area contributed by atoms with Crippen molar-refractivity contribution >= 4 is 68.1 Å². The Morgan fingerprint density at radius 2 is 2.04 bits per heavy atom.